The molecule has 148 valence electrons. The van der Waals surface area contributed by atoms with Crippen molar-refractivity contribution in [3.8, 4) is 0 Å². The third kappa shape index (κ3) is 4.66. The molecular formula is C18H26N4O4S. The van der Waals surface area contributed by atoms with Gasteiger partial charge in [-0.15, -0.1) is 0 Å². The molecule has 2 fully saturated rings. The summed E-state index contributed by atoms with van der Waals surface area (Å²) in [5.41, 5.74) is 0.438. The summed E-state index contributed by atoms with van der Waals surface area (Å²) >= 11 is 0. The van der Waals surface area contributed by atoms with E-state index >= 15 is 0 Å². The van der Waals surface area contributed by atoms with Crippen LogP contribution < -0.4 is 10.6 Å². The van der Waals surface area contributed by atoms with Gasteiger partial charge in [0.05, 0.1) is 4.90 Å². The molecule has 0 radical (unpaired) electrons. The highest BCUT2D eigenvalue weighted by Crippen LogP contribution is 2.18. The molecule has 2 aliphatic heterocycles. The van der Waals surface area contributed by atoms with Gasteiger partial charge in [-0.05, 0) is 43.7 Å². The van der Waals surface area contributed by atoms with Crippen molar-refractivity contribution < 1.29 is 18.0 Å². The fraction of sp³-hybridized carbons (Fsp3) is 0.556. The highest BCUT2D eigenvalue weighted by atomic mass is 32.2. The molecule has 2 amide bonds. The fourth-order valence-corrected chi connectivity index (χ4v) is 4.84. The van der Waals surface area contributed by atoms with Gasteiger partial charge >= 0.3 is 0 Å². The zero-order valence-electron chi connectivity index (χ0n) is 15.5. The van der Waals surface area contributed by atoms with Gasteiger partial charge in [0.25, 0.3) is 5.91 Å². The molecule has 2 heterocycles. The third-order valence-electron chi connectivity index (χ3n) is 5.11. The Labute approximate surface area is 160 Å². The minimum atomic E-state index is -3.63. The molecule has 1 unspecified atom stereocenters. The highest BCUT2D eigenvalue weighted by molar-refractivity contribution is 7.89. The molecule has 2 saturated heterocycles. The first kappa shape index (κ1) is 19.8. The molecule has 2 N–H and O–H groups in total. The van der Waals surface area contributed by atoms with E-state index < -0.39 is 10.0 Å². The first-order valence-corrected chi connectivity index (χ1v) is 10.7. The average Bonchev–Trinajstić information content (AvgIpc) is 3.20. The number of nitrogens with zero attached hydrogens (tertiary/aromatic N) is 2. The number of rotatable bonds is 5. The number of hydrogen-bond acceptors (Lipinski definition) is 5. The van der Waals surface area contributed by atoms with Gasteiger partial charge in [0, 0.05) is 51.3 Å². The average molecular weight is 394 g/mol. The maximum atomic E-state index is 12.8. The van der Waals surface area contributed by atoms with Crippen LogP contribution >= 0.6 is 0 Å². The molecule has 0 aliphatic carbocycles. The number of piperazine rings is 1. The van der Waals surface area contributed by atoms with E-state index in [4.69, 9.17) is 0 Å². The summed E-state index contributed by atoms with van der Waals surface area (Å²) in [6, 6.07) is 6.32. The molecule has 1 atom stereocenters. The van der Waals surface area contributed by atoms with Crippen LogP contribution in [0.4, 0.5) is 0 Å². The van der Waals surface area contributed by atoms with Gasteiger partial charge in [0.15, 0.2) is 0 Å². The van der Waals surface area contributed by atoms with Crippen molar-refractivity contribution >= 4 is 21.8 Å². The largest absolute Gasteiger partial charge is 0.350 e. The molecule has 8 nitrogen and oxygen atoms in total. The van der Waals surface area contributed by atoms with Crippen LogP contribution in [0.25, 0.3) is 0 Å². The Bertz CT molecular complexity index is 780. The second kappa shape index (κ2) is 8.37. The lowest BCUT2D eigenvalue weighted by Gasteiger charge is -2.33. The zero-order chi connectivity index (χ0) is 19.4. The Morgan fingerprint density at radius 1 is 1.15 bits per heavy atom. The molecule has 2 aliphatic rings. The second-order valence-electron chi connectivity index (χ2n) is 6.94. The highest BCUT2D eigenvalue weighted by Gasteiger charge is 2.29. The van der Waals surface area contributed by atoms with Gasteiger partial charge < -0.3 is 15.5 Å². The topological polar surface area (TPSA) is 98.8 Å². The third-order valence-corrected chi connectivity index (χ3v) is 7.02. The van der Waals surface area contributed by atoms with E-state index in [0.717, 1.165) is 19.4 Å². The molecular weight excluding hydrogens is 368 g/mol. The van der Waals surface area contributed by atoms with E-state index in [1.165, 1.54) is 35.5 Å². The van der Waals surface area contributed by atoms with Gasteiger partial charge in [-0.1, -0.05) is 0 Å². The minimum absolute atomic E-state index is 0.0461. The lowest BCUT2D eigenvalue weighted by Crippen LogP contribution is -2.49. The van der Waals surface area contributed by atoms with Crippen molar-refractivity contribution in [3.63, 3.8) is 0 Å². The summed E-state index contributed by atoms with van der Waals surface area (Å²) in [4.78, 5) is 25.4. The summed E-state index contributed by atoms with van der Waals surface area (Å²) in [5, 5.41) is 6.19. The number of amides is 2. The number of carbonyl (C=O) groups is 2. The first-order chi connectivity index (χ1) is 12.9. The summed E-state index contributed by atoms with van der Waals surface area (Å²) in [6.45, 7) is 4.37. The van der Waals surface area contributed by atoms with Crippen molar-refractivity contribution in [1.29, 1.82) is 0 Å². The van der Waals surface area contributed by atoms with Crippen LogP contribution in [0.5, 0.6) is 0 Å². The van der Waals surface area contributed by atoms with Crippen molar-refractivity contribution in [3.05, 3.63) is 29.8 Å². The Morgan fingerprint density at radius 2 is 1.81 bits per heavy atom. The van der Waals surface area contributed by atoms with E-state index in [1.807, 2.05) is 0 Å². The van der Waals surface area contributed by atoms with E-state index in [0.29, 0.717) is 31.2 Å². The predicted octanol–water partition coefficient (Wildman–Crippen LogP) is 0.0212. The Hall–Kier alpha value is -1.97. The zero-order valence-corrected chi connectivity index (χ0v) is 16.3. The molecule has 1 aromatic carbocycles. The number of nitrogens with one attached hydrogen (secondary N) is 2. The lowest BCUT2D eigenvalue weighted by atomic mass is 10.2. The fourth-order valence-electron chi connectivity index (χ4n) is 3.42. The van der Waals surface area contributed by atoms with Crippen LogP contribution in [0.1, 0.15) is 30.1 Å². The van der Waals surface area contributed by atoms with Crippen LogP contribution in [0.15, 0.2) is 29.2 Å². The van der Waals surface area contributed by atoms with Crippen LogP contribution in [0.2, 0.25) is 0 Å². The van der Waals surface area contributed by atoms with Gasteiger partial charge in [0.2, 0.25) is 15.9 Å². The lowest BCUT2D eigenvalue weighted by molar-refractivity contribution is -0.129. The molecule has 0 aromatic heterocycles. The van der Waals surface area contributed by atoms with Gasteiger partial charge in [0.1, 0.15) is 0 Å². The first-order valence-electron chi connectivity index (χ1n) is 9.25. The SMILES string of the molecule is CC(=O)N1CCN(S(=O)(=O)c2ccc(C(=O)NCC3CCCN3)cc2)CC1. The van der Waals surface area contributed by atoms with Crippen LogP contribution in [-0.2, 0) is 14.8 Å². The molecule has 0 spiro atoms. The quantitative estimate of drug-likeness (QED) is 0.734. The Balaban J connectivity index is 1.60. The summed E-state index contributed by atoms with van der Waals surface area (Å²) in [6.07, 6.45) is 2.17. The van der Waals surface area contributed by atoms with Gasteiger partial charge in [-0.25, -0.2) is 8.42 Å². The van der Waals surface area contributed by atoms with Crippen LogP contribution in [0.3, 0.4) is 0 Å². The number of sulfonamides is 1. The van der Waals surface area contributed by atoms with Crippen molar-refractivity contribution in [1.82, 2.24) is 19.8 Å². The van der Waals surface area contributed by atoms with E-state index in [-0.39, 0.29) is 29.8 Å². The summed E-state index contributed by atoms with van der Waals surface area (Å²) in [7, 11) is -3.63. The van der Waals surface area contributed by atoms with Crippen LogP contribution in [0, 0.1) is 0 Å². The molecule has 27 heavy (non-hydrogen) atoms. The van der Waals surface area contributed by atoms with Crippen molar-refractivity contribution in [2.24, 2.45) is 0 Å². The van der Waals surface area contributed by atoms with E-state index in [9.17, 15) is 18.0 Å². The monoisotopic (exact) mass is 394 g/mol. The molecule has 0 bridgehead atoms. The van der Waals surface area contributed by atoms with E-state index in [2.05, 4.69) is 10.6 Å². The second-order valence-corrected chi connectivity index (χ2v) is 8.88. The standard InChI is InChI=1S/C18H26N4O4S/c1-14(23)21-9-11-22(12-10-21)27(25,26)17-6-4-15(5-7-17)18(24)20-13-16-3-2-8-19-16/h4-7,16,19H,2-3,8-13H2,1H3,(H,20,24). The van der Waals surface area contributed by atoms with E-state index in [1.54, 1.807) is 4.90 Å². The summed E-state index contributed by atoms with van der Waals surface area (Å²) in [5.74, 6) is -0.252. The number of hydrogen-bond donors (Lipinski definition) is 2. The molecule has 0 saturated carbocycles. The van der Waals surface area contributed by atoms with Crippen molar-refractivity contribution in [2.75, 3.05) is 39.3 Å². The normalized spacial score (nSPS) is 21.2. The van der Waals surface area contributed by atoms with Crippen molar-refractivity contribution in [2.45, 2.75) is 30.7 Å². The predicted molar refractivity (Wildman–Crippen MR) is 101 cm³/mol. The van der Waals surface area contributed by atoms with Gasteiger partial charge in [-0.3, -0.25) is 9.59 Å². The molecule has 1 aromatic rings. The summed E-state index contributed by atoms with van der Waals surface area (Å²) < 4.78 is 26.9. The minimum Gasteiger partial charge on any atom is -0.350 e. The Morgan fingerprint density at radius 3 is 2.37 bits per heavy atom. The number of carbonyl (C=O) groups excluding carboxylic acids is 2. The molecule has 9 heteroatoms. The van der Waals surface area contributed by atoms with Gasteiger partial charge in [-0.2, -0.15) is 4.31 Å². The maximum absolute atomic E-state index is 12.8. The number of benzene rings is 1. The Kier molecular flexibility index (Phi) is 6.13. The smallest absolute Gasteiger partial charge is 0.251 e. The molecule has 3 rings (SSSR count). The maximum Gasteiger partial charge on any atom is 0.251 e. The van der Waals surface area contributed by atoms with Crippen LogP contribution in [-0.4, -0.2) is 74.7 Å².